The van der Waals surface area contributed by atoms with Gasteiger partial charge in [0.15, 0.2) is 5.17 Å². The predicted octanol–water partition coefficient (Wildman–Crippen LogP) is 3.59. The quantitative estimate of drug-likeness (QED) is 0.743. The highest BCUT2D eigenvalue weighted by Crippen LogP contribution is 2.27. The van der Waals surface area contributed by atoms with Crippen LogP contribution < -0.4 is 5.32 Å². The number of hydrogen-bond acceptors (Lipinski definition) is 4. The van der Waals surface area contributed by atoms with Gasteiger partial charge in [-0.1, -0.05) is 42.3 Å². The summed E-state index contributed by atoms with van der Waals surface area (Å²) in [5.41, 5.74) is 0.706. The van der Waals surface area contributed by atoms with Crippen molar-refractivity contribution in [2.24, 2.45) is 4.99 Å². The Labute approximate surface area is 138 Å². The van der Waals surface area contributed by atoms with Crippen molar-refractivity contribution in [3.8, 4) is 0 Å². The number of nitrogens with zero attached hydrogens (tertiary/aromatic N) is 1. The zero-order valence-corrected chi connectivity index (χ0v) is 13.5. The first-order chi connectivity index (χ1) is 10.5. The van der Waals surface area contributed by atoms with E-state index in [0.717, 1.165) is 19.3 Å². The number of benzene rings is 1. The summed E-state index contributed by atoms with van der Waals surface area (Å²) in [4.78, 5) is 26.7. The number of carboxylic acids is 1. The van der Waals surface area contributed by atoms with E-state index in [2.05, 4.69) is 10.3 Å². The number of hydrogen-bond donors (Lipinski definition) is 2. The van der Waals surface area contributed by atoms with Crippen LogP contribution in [-0.4, -0.2) is 27.4 Å². The lowest BCUT2D eigenvalue weighted by Gasteiger charge is -2.04. The molecule has 22 heavy (non-hydrogen) atoms. The summed E-state index contributed by atoms with van der Waals surface area (Å²) in [6.45, 7) is 0. The maximum Gasteiger partial charge on any atom is 0.303 e. The molecule has 1 unspecified atom stereocenters. The topological polar surface area (TPSA) is 78.8 Å². The van der Waals surface area contributed by atoms with E-state index in [4.69, 9.17) is 16.7 Å². The monoisotopic (exact) mass is 340 g/mol. The summed E-state index contributed by atoms with van der Waals surface area (Å²) in [5.74, 6) is -0.812. The number of nitrogens with one attached hydrogen (secondary N) is 1. The minimum atomic E-state index is -0.774. The van der Waals surface area contributed by atoms with Crippen molar-refractivity contribution >= 4 is 46.1 Å². The molecule has 1 aromatic rings. The summed E-state index contributed by atoms with van der Waals surface area (Å²) in [7, 11) is 0. The molecule has 0 spiro atoms. The molecular weight excluding hydrogens is 324 g/mol. The van der Waals surface area contributed by atoms with Gasteiger partial charge in [0.25, 0.3) is 0 Å². The molecule has 1 saturated heterocycles. The Bertz CT molecular complexity index is 592. The molecule has 7 heteroatoms. The highest BCUT2D eigenvalue weighted by molar-refractivity contribution is 8.15. The maximum atomic E-state index is 11.9. The average molecular weight is 341 g/mol. The highest BCUT2D eigenvalue weighted by Gasteiger charge is 2.29. The molecule has 0 aromatic heterocycles. The van der Waals surface area contributed by atoms with Crippen molar-refractivity contribution in [3.63, 3.8) is 0 Å². The van der Waals surface area contributed by atoms with Crippen LogP contribution in [0.15, 0.2) is 29.3 Å². The lowest BCUT2D eigenvalue weighted by molar-refractivity contribution is -0.137. The normalized spacial score (nSPS) is 19.4. The number of carboxylic acid groups (broad SMARTS) is 1. The molecule has 2 N–H and O–H groups in total. The first-order valence-corrected chi connectivity index (χ1v) is 8.34. The van der Waals surface area contributed by atoms with E-state index in [-0.39, 0.29) is 17.6 Å². The SMILES string of the molecule is O=C(O)CCCCCC1SC(=Nc2cccc(Cl)c2)NC1=O. The molecule has 1 atom stereocenters. The number of aliphatic carboxylic acids is 1. The zero-order valence-electron chi connectivity index (χ0n) is 11.9. The van der Waals surface area contributed by atoms with Gasteiger partial charge in [-0.25, -0.2) is 4.99 Å². The standard InChI is InChI=1S/C15H17ClN2O3S/c16-10-5-4-6-11(9-10)17-15-18-14(21)12(22-15)7-2-1-3-8-13(19)20/h4-6,9,12H,1-3,7-8H2,(H,19,20)(H,17,18,21). The van der Waals surface area contributed by atoms with Gasteiger partial charge in [-0.3, -0.25) is 9.59 Å². The number of rotatable bonds is 7. The molecule has 1 heterocycles. The van der Waals surface area contributed by atoms with Gasteiger partial charge >= 0.3 is 5.97 Å². The molecule has 0 bridgehead atoms. The number of thioether (sulfide) groups is 1. The van der Waals surface area contributed by atoms with E-state index in [1.165, 1.54) is 11.8 Å². The number of carbonyl (C=O) groups excluding carboxylic acids is 1. The molecule has 0 saturated carbocycles. The number of amidine groups is 1. The third-order valence-electron chi connectivity index (χ3n) is 3.17. The highest BCUT2D eigenvalue weighted by atomic mass is 35.5. The first kappa shape index (κ1) is 16.8. The van der Waals surface area contributed by atoms with Crippen molar-refractivity contribution in [1.82, 2.24) is 5.32 Å². The van der Waals surface area contributed by atoms with Crippen LogP contribution in [-0.2, 0) is 9.59 Å². The van der Waals surface area contributed by atoms with Gasteiger partial charge in [0, 0.05) is 11.4 Å². The van der Waals surface area contributed by atoms with Gasteiger partial charge in [0.1, 0.15) is 0 Å². The molecule has 1 aromatic carbocycles. The third-order valence-corrected chi connectivity index (χ3v) is 4.56. The Kier molecular flexibility index (Phi) is 6.27. The number of halogens is 1. The molecular formula is C15H17ClN2O3S. The van der Waals surface area contributed by atoms with Crippen molar-refractivity contribution in [3.05, 3.63) is 29.3 Å². The Morgan fingerprint density at radius 2 is 2.18 bits per heavy atom. The molecule has 0 radical (unpaired) electrons. The predicted molar refractivity (Wildman–Crippen MR) is 88.8 cm³/mol. The fourth-order valence-electron chi connectivity index (χ4n) is 2.09. The van der Waals surface area contributed by atoms with Crippen molar-refractivity contribution in [2.75, 3.05) is 0 Å². The van der Waals surface area contributed by atoms with Crippen LogP contribution in [0.1, 0.15) is 32.1 Å². The molecule has 118 valence electrons. The number of amides is 1. The molecule has 5 nitrogen and oxygen atoms in total. The molecule has 1 amide bonds. The number of unbranched alkanes of at least 4 members (excludes halogenated alkanes) is 2. The van der Waals surface area contributed by atoms with E-state index in [9.17, 15) is 9.59 Å². The number of carbonyl (C=O) groups is 2. The van der Waals surface area contributed by atoms with Gasteiger partial charge in [0.2, 0.25) is 5.91 Å². The van der Waals surface area contributed by atoms with Crippen LogP contribution in [0.25, 0.3) is 0 Å². The summed E-state index contributed by atoms with van der Waals surface area (Å²) in [6.07, 6.45) is 3.22. The van der Waals surface area contributed by atoms with E-state index in [1.54, 1.807) is 12.1 Å². The lowest BCUT2D eigenvalue weighted by Crippen LogP contribution is -2.24. The molecule has 2 rings (SSSR count). The smallest absolute Gasteiger partial charge is 0.303 e. The number of aliphatic imine (C=N–C) groups is 1. The summed E-state index contributed by atoms with van der Waals surface area (Å²) < 4.78 is 0. The summed E-state index contributed by atoms with van der Waals surface area (Å²) in [6, 6.07) is 7.14. The van der Waals surface area contributed by atoms with Gasteiger partial charge in [-0.2, -0.15) is 0 Å². The lowest BCUT2D eigenvalue weighted by atomic mass is 10.1. The molecule has 0 aliphatic carbocycles. The second-order valence-electron chi connectivity index (χ2n) is 4.99. The van der Waals surface area contributed by atoms with E-state index >= 15 is 0 Å². The summed E-state index contributed by atoms with van der Waals surface area (Å²) in [5, 5.41) is 12.4. The van der Waals surface area contributed by atoms with Crippen LogP contribution in [0.4, 0.5) is 5.69 Å². The molecule has 1 fully saturated rings. The van der Waals surface area contributed by atoms with E-state index in [1.807, 2.05) is 12.1 Å². The van der Waals surface area contributed by atoms with Gasteiger partial charge in [0.05, 0.1) is 10.9 Å². The molecule has 1 aliphatic rings. The van der Waals surface area contributed by atoms with Crippen molar-refractivity contribution < 1.29 is 14.7 Å². The van der Waals surface area contributed by atoms with Crippen LogP contribution in [0.5, 0.6) is 0 Å². The van der Waals surface area contributed by atoms with Crippen LogP contribution in [0, 0.1) is 0 Å². The Morgan fingerprint density at radius 3 is 2.91 bits per heavy atom. The van der Waals surface area contributed by atoms with Gasteiger partial charge in [-0.05, 0) is 31.0 Å². The fourth-order valence-corrected chi connectivity index (χ4v) is 3.32. The van der Waals surface area contributed by atoms with Crippen LogP contribution >= 0.6 is 23.4 Å². The van der Waals surface area contributed by atoms with Gasteiger partial charge in [-0.15, -0.1) is 0 Å². The average Bonchev–Trinajstić information content (AvgIpc) is 2.78. The van der Waals surface area contributed by atoms with Crippen molar-refractivity contribution in [2.45, 2.75) is 37.4 Å². The maximum absolute atomic E-state index is 11.9. The van der Waals surface area contributed by atoms with Crippen LogP contribution in [0.2, 0.25) is 5.02 Å². The second kappa shape index (κ2) is 8.19. The minimum absolute atomic E-state index is 0.0380. The Morgan fingerprint density at radius 1 is 1.36 bits per heavy atom. The fraction of sp³-hybridized carbons (Fsp3) is 0.400. The van der Waals surface area contributed by atoms with Crippen molar-refractivity contribution in [1.29, 1.82) is 0 Å². The first-order valence-electron chi connectivity index (χ1n) is 7.08. The zero-order chi connectivity index (χ0) is 15.9. The summed E-state index contributed by atoms with van der Waals surface area (Å²) >= 11 is 7.32. The Balaban J connectivity index is 1.82. The minimum Gasteiger partial charge on any atom is -0.481 e. The van der Waals surface area contributed by atoms with E-state index < -0.39 is 5.97 Å². The Hall–Kier alpha value is -1.53. The van der Waals surface area contributed by atoms with E-state index in [0.29, 0.717) is 22.3 Å². The van der Waals surface area contributed by atoms with Crippen LogP contribution in [0.3, 0.4) is 0 Å². The third kappa shape index (κ3) is 5.35. The van der Waals surface area contributed by atoms with Gasteiger partial charge < -0.3 is 10.4 Å². The molecule has 1 aliphatic heterocycles. The largest absolute Gasteiger partial charge is 0.481 e. The second-order valence-corrected chi connectivity index (χ2v) is 6.61.